The quantitative estimate of drug-likeness (QED) is 0.415. The Labute approximate surface area is 185 Å². The van der Waals surface area contributed by atoms with Gasteiger partial charge in [-0.1, -0.05) is 60.1 Å². The third kappa shape index (κ3) is 5.23. The molecule has 1 amide bonds. The second-order valence-corrected chi connectivity index (χ2v) is 8.48. The highest BCUT2D eigenvalue weighted by atomic mass is 35.5. The van der Waals surface area contributed by atoms with Crippen LogP contribution in [0.15, 0.2) is 85.2 Å². The first-order chi connectivity index (χ1) is 14.7. The Balaban J connectivity index is 1.33. The Morgan fingerprint density at radius 2 is 1.73 bits per heavy atom. The van der Waals surface area contributed by atoms with Crippen molar-refractivity contribution in [1.82, 2.24) is 14.7 Å². The molecule has 0 bridgehead atoms. The smallest absolute Gasteiger partial charge is 0.230 e. The number of thioether (sulfide) groups is 1. The van der Waals surface area contributed by atoms with E-state index < -0.39 is 0 Å². The summed E-state index contributed by atoms with van der Waals surface area (Å²) in [4.78, 5) is 17.0. The van der Waals surface area contributed by atoms with E-state index in [2.05, 4.69) is 22.4 Å². The van der Waals surface area contributed by atoms with E-state index in [9.17, 15) is 4.79 Å². The molecule has 0 fully saturated rings. The summed E-state index contributed by atoms with van der Waals surface area (Å²) in [6.45, 7) is 0.570. The van der Waals surface area contributed by atoms with Gasteiger partial charge in [-0.2, -0.15) is 0 Å². The molecule has 0 aliphatic rings. The zero-order valence-electron chi connectivity index (χ0n) is 16.4. The summed E-state index contributed by atoms with van der Waals surface area (Å²) >= 11 is 7.66. The van der Waals surface area contributed by atoms with E-state index in [0.717, 1.165) is 16.9 Å². The Hall–Kier alpha value is -2.76. The zero-order valence-corrected chi connectivity index (χ0v) is 17.9. The van der Waals surface area contributed by atoms with Crippen molar-refractivity contribution in [2.24, 2.45) is 0 Å². The summed E-state index contributed by atoms with van der Waals surface area (Å²) in [7, 11) is 0. The van der Waals surface area contributed by atoms with Crippen LogP contribution in [0.5, 0.6) is 0 Å². The van der Waals surface area contributed by atoms with E-state index in [1.807, 2.05) is 77.5 Å². The Kier molecular flexibility index (Phi) is 6.72. The highest BCUT2D eigenvalue weighted by Crippen LogP contribution is 2.35. The third-order valence-electron chi connectivity index (χ3n) is 4.77. The molecular weight excluding hydrogens is 414 g/mol. The average molecular weight is 436 g/mol. The van der Waals surface area contributed by atoms with Crippen LogP contribution in [0, 0.1) is 0 Å². The number of carbonyl (C=O) groups is 1. The fourth-order valence-corrected chi connectivity index (χ4v) is 4.54. The summed E-state index contributed by atoms with van der Waals surface area (Å²) in [5.41, 5.74) is 4.19. The van der Waals surface area contributed by atoms with Crippen molar-refractivity contribution in [1.29, 1.82) is 0 Å². The second-order valence-electron chi connectivity index (χ2n) is 6.95. The SMILES string of the molecule is O=C(CSC(c1ccccc1)c1ccc(Cl)cc1)NCCc1cn2ccccc2n1. The first kappa shape index (κ1) is 20.5. The monoisotopic (exact) mass is 435 g/mol. The lowest BCUT2D eigenvalue weighted by Gasteiger charge is -2.17. The van der Waals surface area contributed by atoms with E-state index in [1.165, 1.54) is 5.56 Å². The predicted octanol–water partition coefficient (Wildman–Crippen LogP) is 5.17. The van der Waals surface area contributed by atoms with Crippen molar-refractivity contribution in [3.05, 3.63) is 107 Å². The molecule has 0 aliphatic carbocycles. The van der Waals surface area contributed by atoms with Crippen LogP contribution in [-0.4, -0.2) is 27.6 Å². The lowest BCUT2D eigenvalue weighted by atomic mass is 10.0. The van der Waals surface area contributed by atoms with Gasteiger partial charge < -0.3 is 9.72 Å². The van der Waals surface area contributed by atoms with Crippen molar-refractivity contribution in [2.75, 3.05) is 12.3 Å². The number of nitrogens with one attached hydrogen (secondary N) is 1. The number of fused-ring (bicyclic) bond motifs is 1. The van der Waals surface area contributed by atoms with E-state index in [4.69, 9.17) is 11.6 Å². The number of carbonyl (C=O) groups excluding carboxylic acids is 1. The number of aromatic nitrogens is 2. The number of hydrogen-bond acceptors (Lipinski definition) is 3. The van der Waals surface area contributed by atoms with Crippen molar-refractivity contribution in [2.45, 2.75) is 11.7 Å². The molecule has 1 unspecified atom stereocenters. The van der Waals surface area contributed by atoms with Crippen molar-refractivity contribution in [3.63, 3.8) is 0 Å². The van der Waals surface area contributed by atoms with Gasteiger partial charge in [0, 0.05) is 30.4 Å². The van der Waals surface area contributed by atoms with Gasteiger partial charge in [0.25, 0.3) is 0 Å². The maximum absolute atomic E-state index is 12.4. The summed E-state index contributed by atoms with van der Waals surface area (Å²) in [6.07, 6.45) is 4.68. The van der Waals surface area contributed by atoms with E-state index >= 15 is 0 Å². The molecule has 2 heterocycles. The van der Waals surface area contributed by atoms with Gasteiger partial charge in [0.05, 0.1) is 16.7 Å². The molecule has 152 valence electrons. The van der Waals surface area contributed by atoms with Gasteiger partial charge in [-0.3, -0.25) is 4.79 Å². The average Bonchev–Trinajstić information content (AvgIpc) is 3.19. The van der Waals surface area contributed by atoms with Gasteiger partial charge in [0.15, 0.2) is 0 Å². The minimum atomic E-state index is 0.0265. The normalized spacial score (nSPS) is 12.0. The highest BCUT2D eigenvalue weighted by Gasteiger charge is 2.16. The molecule has 0 aliphatic heterocycles. The van der Waals surface area contributed by atoms with E-state index in [0.29, 0.717) is 23.7 Å². The summed E-state index contributed by atoms with van der Waals surface area (Å²) < 4.78 is 1.99. The van der Waals surface area contributed by atoms with Gasteiger partial charge in [-0.25, -0.2) is 4.98 Å². The van der Waals surface area contributed by atoms with Crippen molar-refractivity contribution in [3.8, 4) is 0 Å². The maximum Gasteiger partial charge on any atom is 0.230 e. The van der Waals surface area contributed by atoms with Gasteiger partial charge >= 0.3 is 0 Å². The number of amides is 1. The van der Waals surface area contributed by atoms with E-state index in [-0.39, 0.29) is 11.2 Å². The highest BCUT2D eigenvalue weighted by molar-refractivity contribution is 8.00. The number of rotatable bonds is 8. The van der Waals surface area contributed by atoms with Crippen LogP contribution in [0.2, 0.25) is 5.02 Å². The van der Waals surface area contributed by atoms with Crippen LogP contribution >= 0.6 is 23.4 Å². The Morgan fingerprint density at radius 3 is 2.50 bits per heavy atom. The Bertz CT molecular complexity index is 1080. The molecule has 1 atom stereocenters. The maximum atomic E-state index is 12.4. The molecule has 4 nitrogen and oxygen atoms in total. The Morgan fingerprint density at radius 1 is 1.00 bits per heavy atom. The predicted molar refractivity (Wildman–Crippen MR) is 124 cm³/mol. The molecule has 0 saturated heterocycles. The molecule has 2 aromatic heterocycles. The lowest BCUT2D eigenvalue weighted by molar-refractivity contribution is -0.118. The topological polar surface area (TPSA) is 46.4 Å². The number of imidazole rings is 1. The number of hydrogen-bond donors (Lipinski definition) is 1. The fraction of sp³-hybridized carbons (Fsp3) is 0.167. The molecule has 0 spiro atoms. The minimum absolute atomic E-state index is 0.0265. The zero-order chi connectivity index (χ0) is 20.8. The van der Waals surface area contributed by atoms with Gasteiger partial charge in [-0.15, -0.1) is 11.8 Å². The minimum Gasteiger partial charge on any atom is -0.355 e. The molecule has 30 heavy (non-hydrogen) atoms. The summed E-state index contributed by atoms with van der Waals surface area (Å²) in [5.74, 6) is 0.409. The molecule has 4 aromatic rings. The molecule has 0 radical (unpaired) electrons. The number of benzene rings is 2. The number of pyridine rings is 1. The van der Waals surface area contributed by atoms with Crippen LogP contribution in [-0.2, 0) is 11.2 Å². The van der Waals surface area contributed by atoms with E-state index in [1.54, 1.807) is 11.8 Å². The molecular formula is C24H22ClN3OS. The number of halogens is 1. The van der Waals surface area contributed by atoms with Crippen LogP contribution in [0.25, 0.3) is 5.65 Å². The van der Waals surface area contributed by atoms with Gasteiger partial charge in [-0.05, 0) is 35.4 Å². The van der Waals surface area contributed by atoms with Crippen molar-refractivity contribution < 1.29 is 4.79 Å². The largest absolute Gasteiger partial charge is 0.355 e. The molecule has 1 N–H and O–H groups in total. The second kappa shape index (κ2) is 9.83. The summed E-state index contributed by atoms with van der Waals surface area (Å²) in [6, 6.07) is 24.0. The van der Waals surface area contributed by atoms with Gasteiger partial charge in [0.2, 0.25) is 5.91 Å². The first-order valence-corrected chi connectivity index (χ1v) is 11.2. The van der Waals surface area contributed by atoms with Crippen LogP contribution in [0.3, 0.4) is 0 Å². The van der Waals surface area contributed by atoms with Gasteiger partial charge in [0.1, 0.15) is 5.65 Å². The standard InChI is InChI=1S/C24H22ClN3OS/c25-20-11-9-19(10-12-20)24(18-6-2-1-3-7-18)30-17-23(29)26-14-13-21-16-28-15-5-4-8-22(28)27-21/h1-12,15-16,24H,13-14,17H2,(H,26,29). The third-order valence-corrected chi connectivity index (χ3v) is 6.33. The first-order valence-electron chi connectivity index (χ1n) is 9.80. The van der Waals surface area contributed by atoms with Crippen LogP contribution in [0.1, 0.15) is 22.1 Å². The molecule has 2 aromatic carbocycles. The molecule has 6 heteroatoms. The number of nitrogens with zero attached hydrogens (tertiary/aromatic N) is 2. The van der Waals surface area contributed by atoms with Crippen LogP contribution < -0.4 is 5.32 Å². The van der Waals surface area contributed by atoms with Crippen LogP contribution in [0.4, 0.5) is 0 Å². The summed E-state index contributed by atoms with van der Waals surface area (Å²) in [5, 5.41) is 3.80. The molecule has 4 rings (SSSR count). The lowest BCUT2D eigenvalue weighted by Crippen LogP contribution is -2.27. The fourth-order valence-electron chi connectivity index (χ4n) is 3.30. The van der Waals surface area contributed by atoms with Crippen molar-refractivity contribution >= 4 is 34.9 Å². The molecule has 0 saturated carbocycles.